The molecule has 131 heavy (non-hydrogen) atoms. The quantitative estimate of drug-likeness (QED) is 0.0927. The molecule has 2 saturated heterocycles. The fraction of sp³-hybridized carbons (Fsp3) is 0.758. The zero-order valence-electron chi connectivity index (χ0n) is 87.7. The van der Waals surface area contributed by atoms with Crippen LogP contribution in [0.15, 0.2) is 129 Å². The Kier molecular flexibility index (Phi) is 38.0. The van der Waals surface area contributed by atoms with Crippen molar-refractivity contribution in [1.82, 2.24) is 0 Å². The van der Waals surface area contributed by atoms with E-state index in [9.17, 15) is 43.8 Å². The molecule has 2 bridgehead atoms. The lowest BCUT2D eigenvalue weighted by Crippen LogP contribution is -2.55. The van der Waals surface area contributed by atoms with Gasteiger partial charge < -0.3 is 19.7 Å². The number of fused-ring (bicyclic) bond motifs is 6. The van der Waals surface area contributed by atoms with Gasteiger partial charge in [0.05, 0.1) is 34.6 Å². The Morgan fingerprint density at radius 3 is 1.42 bits per heavy atom. The third-order valence-corrected chi connectivity index (χ3v) is 37.4. The second-order valence-corrected chi connectivity index (χ2v) is 48.5. The first-order chi connectivity index (χ1) is 61.3. The summed E-state index contributed by atoms with van der Waals surface area (Å²) in [6.45, 7) is 68.7. The van der Waals surface area contributed by atoms with Crippen LogP contribution in [0.25, 0.3) is 0 Å². The second kappa shape index (κ2) is 45.5. The molecular formula is C120H188O11. The number of allylic oxidation sites excluding steroid dienone is 16. The van der Waals surface area contributed by atoms with Crippen LogP contribution < -0.4 is 0 Å². The standard InChI is InChI=1S/C18H28O2.C18H30O2.C18H30O.C18H28O.C14H22O2.C14H20O.C10H16O.C10H14O/c1-4-5-6-14-15-11-13(18(3)12-20-18)7-9-17(15,2)10-8-16(14)19;1-5-6-7-14-15-12-13(17(2,3)20)8-10-18(15,4)11-9-16(14)19;1-5-6-8-14-9-7-11-17(4)12-10-15-13-18(14,17)19-16(15,2)3;1-5-6-7-15-16-12-14(13(2)3)8-10-18(16,4)11-9-17(15)19;1-10(2)11-4-6-13(3)7-5-12(15)9-14(13,16)8-11;1-10(2)11-4-6-14(3)7-5-13(15)9-12(14)8-11;2*1-7(2)9-5-4-8(3)10(11)6-9/h13H,4-12H2,1-3H3;13,20H,5-12H2,1-4H3;9,15H,5-8,10-13H2,1-4H3;14H,2,5-12H2,1,3-4H3;11,16H,1,4-9H2,2-3H3;9,11H,1,4-8H2,2-3H3;8-9H,1,4-6H2,2-3H3;4,9H,1,5-6H2,2-3H3/t13-,17-,18?;13-,18-;15-,17+,18+;14-,18-;11-,13-,14-;11-,14-;8?,9-;9-/m11111111/s1. The molecule has 0 aromatic carbocycles. The van der Waals surface area contributed by atoms with Crippen LogP contribution in [0.2, 0.25) is 0 Å². The first kappa shape index (κ1) is 109. The van der Waals surface area contributed by atoms with Crippen LogP contribution in [0.4, 0.5) is 0 Å². The largest absolute Gasteiger partial charge is 0.390 e. The zero-order valence-corrected chi connectivity index (χ0v) is 87.7. The molecule has 11 nitrogen and oxygen atoms in total. The highest BCUT2D eigenvalue weighted by atomic mass is 16.6. The van der Waals surface area contributed by atoms with E-state index >= 15 is 0 Å². The molecule has 10 fully saturated rings. The van der Waals surface area contributed by atoms with Crippen LogP contribution in [-0.4, -0.2) is 85.3 Å². The first-order valence-electron chi connectivity index (χ1n) is 53.3. The summed E-state index contributed by atoms with van der Waals surface area (Å²) < 4.78 is 12.5. The van der Waals surface area contributed by atoms with Crippen LogP contribution in [0, 0.1) is 85.8 Å². The molecule has 8 saturated carbocycles. The summed E-state index contributed by atoms with van der Waals surface area (Å²) in [6.07, 6.45) is 57.2. The van der Waals surface area contributed by atoms with Gasteiger partial charge in [-0.1, -0.05) is 197 Å². The second-order valence-electron chi connectivity index (χ2n) is 48.5. The lowest BCUT2D eigenvalue weighted by molar-refractivity contribution is -0.159. The Labute approximate surface area is 798 Å². The molecule has 2 aliphatic heterocycles. The molecule has 18 atom stereocenters. The molecule has 2 N–H and O–H groups in total. The number of hydrogen-bond donors (Lipinski definition) is 2. The highest BCUT2D eigenvalue weighted by Gasteiger charge is 2.65. The number of unbranched alkanes of at least 4 members (excludes halogenated alkanes) is 4. The molecule has 0 radical (unpaired) electrons. The molecule has 2 heterocycles. The number of epoxide rings is 1. The number of ether oxygens (including phenoxy) is 2. The molecule has 2 unspecified atom stereocenters. The van der Waals surface area contributed by atoms with Crippen LogP contribution in [-0.2, 0) is 43.0 Å². The van der Waals surface area contributed by atoms with Gasteiger partial charge in [-0.2, -0.15) is 0 Å². The van der Waals surface area contributed by atoms with Crippen molar-refractivity contribution in [2.24, 2.45) is 85.8 Å². The fourth-order valence-corrected chi connectivity index (χ4v) is 26.1. The van der Waals surface area contributed by atoms with Gasteiger partial charge in [0.1, 0.15) is 11.6 Å². The van der Waals surface area contributed by atoms with E-state index in [4.69, 9.17) is 9.47 Å². The van der Waals surface area contributed by atoms with E-state index in [0.29, 0.717) is 117 Å². The van der Waals surface area contributed by atoms with Crippen molar-refractivity contribution in [1.29, 1.82) is 0 Å². The number of Topliss-reactive ketones (excluding diaryl/α,β-unsaturated/α-hetero) is 6. The molecule has 0 amide bonds. The maximum Gasteiger partial charge on any atom is 0.158 e. The average Bonchev–Trinajstić information content (AvgIpc) is 1.54. The molecule has 14 aliphatic carbocycles. The van der Waals surface area contributed by atoms with Gasteiger partial charge in [-0.15, -0.1) is 0 Å². The van der Waals surface area contributed by atoms with Gasteiger partial charge in [-0.3, -0.25) is 33.6 Å². The lowest BCUT2D eigenvalue weighted by Gasteiger charge is -2.53. The van der Waals surface area contributed by atoms with E-state index in [0.717, 1.165) is 221 Å². The summed E-state index contributed by atoms with van der Waals surface area (Å²) >= 11 is 0. The van der Waals surface area contributed by atoms with Crippen LogP contribution in [0.5, 0.6) is 0 Å². The molecule has 0 aromatic rings. The number of carbonyl (C=O) groups excluding carboxylic acids is 7. The summed E-state index contributed by atoms with van der Waals surface area (Å²) in [7, 11) is 0. The Bertz CT molecular complexity index is 4290. The lowest BCUT2D eigenvalue weighted by atomic mass is 9.54. The van der Waals surface area contributed by atoms with Crippen molar-refractivity contribution in [3.8, 4) is 0 Å². The van der Waals surface area contributed by atoms with E-state index in [1.807, 2.05) is 60.6 Å². The Morgan fingerprint density at radius 1 is 0.458 bits per heavy atom. The van der Waals surface area contributed by atoms with Crippen LogP contribution in [0.3, 0.4) is 0 Å². The van der Waals surface area contributed by atoms with Crippen molar-refractivity contribution in [2.75, 3.05) is 6.61 Å². The van der Waals surface area contributed by atoms with Gasteiger partial charge in [0.2, 0.25) is 0 Å². The van der Waals surface area contributed by atoms with Gasteiger partial charge >= 0.3 is 0 Å². The third kappa shape index (κ3) is 26.6. The predicted molar refractivity (Wildman–Crippen MR) is 544 cm³/mol. The van der Waals surface area contributed by atoms with Gasteiger partial charge in [0, 0.05) is 62.7 Å². The van der Waals surface area contributed by atoms with E-state index in [2.05, 4.69) is 143 Å². The van der Waals surface area contributed by atoms with Gasteiger partial charge in [0.15, 0.2) is 28.9 Å². The Hall–Kier alpha value is -5.33. The van der Waals surface area contributed by atoms with Crippen LogP contribution >= 0.6 is 0 Å². The molecule has 734 valence electrons. The predicted octanol–water partition coefficient (Wildman–Crippen LogP) is 30.9. The minimum absolute atomic E-state index is 0.0488. The molecule has 0 aromatic heterocycles. The number of hydrogen-bond acceptors (Lipinski definition) is 11. The van der Waals surface area contributed by atoms with E-state index in [1.54, 1.807) is 5.57 Å². The van der Waals surface area contributed by atoms with E-state index in [-0.39, 0.29) is 39.2 Å². The smallest absolute Gasteiger partial charge is 0.158 e. The molecule has 11 heteroatoms. The fourth-order valence-electron chi connectivity index (χ4n) is 26.1. The van der Waals surface area contributed by atoms with E-state index < -0.39 is 11.2 Å². The number of carbonyl (C=O) groups is 7. The van der Waals surface area contributed by atoms with Crippen molar-refractivity contribution in [3.63, 3.8) is 0 Å². The van der Waals surface area contributed by atoms with Gasteiger partial charge in [-0.05, 0) is 416 Å². The number of ketones is 7. The summed E-state index contributed by atoms with van der Waals surface area (Å²) in [4.78, 5) is 82.5. The Morgan fingerprint density at radius 2 is 0.916 bits per heavy atom. The normalized spacial score (nSPS) is 36.1. The zero-order chi connectivity index (χ0) is 97.0. The number of rotatable bonds is 19. The minimum atomic E-state index is -0.774. The Balaban J connectivity index is 0.000000170. The third-order valence-electron chi connectivity index (χ3n) is 37.4. The molecule has 16 rings (SSSR count). The highest BCUT2D eigenvalue weighted by molar-refractivity contribution is 5.99. The van der Waals surface area contributed by atoms with Crippen molar-refractivity contribution in [3.05, 3.63) is 129 Å². The highest BCUT2D eigenvalue weighted by Crippen LogP contribution is 2.66. The summed E-state index contributed by atoms with van der Waals surface area (Å²) in [5.74, 6) is 6.96. The average molecular weight is 1810 g/mol. The number of aliphatic hydroxyl groups is 2. The maximum absolute atomic E-state index is 12.4. The molecule has 1 spiro atoms. The topological polar surface area (TPSA) is 182 Å². The van der Waals surface area contributed by atoms with Crippen molar-refractivity contribution >= 4 is 40.5 Å². The van der Waals surface area contributed by atoms with Crippen molar-refractivity contribution in [2.45, 2.75) is 489 Å². The SMILES string of the molecule is C=C(C)[C@@H]1CC=C(C)C(=O)C1.C=C(C)[C@@H]1CCC(C)C(=O)C1.C=C(C)[C@@H]1CC[C@]2(C)CCC(=O)C(CCCC)=C2C1.C=C(C)[C@@H]1CC[C@]2(C)CCC(=O)C=C2C1.C=C(C)[C@@H]1CC[C@]2(C)CCC(=O)C[C@]2(O)C1.CCCCC1=C2C[C@H](C(C)(C)O)CC[C@]2(C)CCC1=O.CCCCC1=C2C[C@H](C3(C)CO3)CC[C@]2(C)CCC1=O.CCCCC1=CCC[C@@]2(C)CC[C@@H]3C[C@]12OC3(C)C. The van der Waals surface area contributed by atoms with Gasteiger partial charge in [0.25, 0.3) is 0 Å². The van der Waals surface area contributed by atoms with Crippen molar-refractivity contribution < 1.29 is 53.2 Å². The molecular weight excluding hydrogens is 1620 g/mol. The monoisotopic (exact) mass is 1810 g/mol. The van der Waals surface area contributed by atoms with Crippen LogP contribution in [0.1, 0.15) is 461 Å². The molecule has 16 aliphatic rings. The summed E-state index contributed by atoms with van der Waals surface area (Å²) in [6, 6.07) is 0. The summed E-state index contributed by atoms with van der Waals surface area (Å²) in [5.41, 5.74) is 18.3. The van der Waals surface area contributed by atoms with Gasteiger partial charge in [-0.25, -0.2) is 0 Å². The summed E-state index contributed by atoms with van der Waals surface area (Å²) in [5, 5.41) is 21.1. The maximum atomic E-state index is 12.4. The van der Waals surface area contributed by atoms with E-state index in [1.165, 1.54) is 153 Å². The first-order valence-corrected chi connectivity index (χ1v) is 53.3. The minimum Gasteiger partial charge on any atom is -0.390 e.